The Hall–Kier alpha value is -1.03. The van der Waals surface area contributed by atoms with E-state index in [0.717, 1.165) is 6.26 Å². The van der Waals surface area contributed by atoms with E-state index in [1.807, 2.05) is 0 Å². The molecule has 0 aromatic heterocycles. The van der Waals surface area contributed by atoms with Crippen molar-refractivity contribution in [2.75, 3.05) is 13.1 Å². The number of hydrogen-bond donors (Lipinski definition) is 1. The average molecular weight is 143 g/mol. The van der Waals surface area contributed by atoms with Crippen LogP contribution in [-0.2, 0) is 4.74 Å². The number of likely N-dealkylation sites (tertiary alicyclic amines) is 1. The number of nitrogens with zero attached hydrogens (tertiary/aromatic N) is 1. The molecule has 1 amide bonds. The summed E-state index contributed by atoms with van der Waals surface area (Å²) in [6.07, 6.45) is 0.255. The minimum Gasteiger partial charge on any atom is -0.419 e. The largest absolute Gasteiger partial charge is 0.419 e. The minimum atomic E-state index is -0.444. The number of aliphatic hydroxyl groups excluding tert-OH is 1. The van der Waals surface area contributed by atoms with Crippen molar-refractivity contribution in [3.05, 3.63) is 12.8 Å². The molecule has 0 aromatic rings. The molecule has 10 heavy (non-hydrogen) atoms. The molecule has 1 aliphatic heterocycles. The van der Waals surface area contributed by atoms with Crippen LogP contribution in [0.4, 0.5) is 4.79 Å². The van der Waals surface area contributed by atoms with E-state index < -0.39 is 6.09 Å². The Balaban J connectivity index is 2.24. The van der Waals surface area contributed by atoms with Crippen molar-refractivity contribution in [1.29, 1.82) is 0 Å². The second-order valence-corrected chi connectivity index (χ2v) is 2.11. The highest BCUT2D eigenvalue weighted by atomic mass is 16.5. The Kier molecular flexibility index (Phi) is 1.91. The van der Waals surface area contributed by atoms with Gasteiger partial charge in [0.05, 0.1) is 25.5 Å². The molecular formula is C6H9NO3. The molecule has 4 heteroatoms. The van der Waals surface area contributed by atoms with Crippen molar-refractivity contribution >= 4 is 6.09 Å². The van der Waals surface area contributed by atoms with Gasteiger partial charge in [-0.3, -0.25) is 0 Å². The maximum Gasteiger partial charge on any atom is 0.414 e. The highest BCUT2D eigenvalue weighted by Gasteiger charge is 2.29. The number of carbonyl (C=O) groups is 1. The number of ether oxygens (including phenoxy) is 1. The van der Waals surface area contributed by atoms with Crippen molar-refractivity contribution < 1.29 is 14.6 Å². The molecule has 1 aliphatic rings. The molecule has 0 bridgehead atoms. The Morgan fingerprint density at radius 2 is 2.40 bits per heavy atom. The molecule has 0 atom stereocenters. The lowest BCUT2D eigenvalue weighted by Crippen LogP contribution is -2.53. The molecule has 0 radical (unpaired) electrons. The van der Waals surface area contributed by atoms with Gasteiger partial charge in [-0.2, -0.15) is 0 Å². The van der Waals surface area contributed by atoms with Gasteiger partial charge in [0.25, 0.3) is 0 Å². The summed E-state index contributed by atoms with van der Waals surface area (Å²) in [5, 5.41) is 8.76. The number of aliphatic hydroxyl groups is 1. The molecule has 1 saturated heterocycles. The van der Waals surface area contributed by atoms with Crippen LogP contribution in [0.15, 0.2) is 12.8 Å². The summed E-state index contributed by atoms with van der Waals surface area (Å²) in [4.78, 5) is 12.1. The Morgan fingerprint density at radius 3 is 2.80 bits per heavy atom. The average Bonchev–Trinajstić information content (AvgIpc) is 1.82. The number of β-amino-alcohol motifs (C(OH)–C–C–N with tert-alkyl or cyclic N) is 1. The third-order valence-corrected chi connectivity index (χ3v) is 1.30. The lowest BCUT2D eigenvalue weighted by atomic mass is 10.2. The zero-order valence-corrected chi connectivity index (χ0v) is 5.49. The van der Waals surface area contributed by atoms with Crippen molar-refractivity contribution in [3.8, 4) is 0 Å². The first kappa shape index (κ1) is 7.08. The minimum absolute atomic E-state index is 0.368. The van der Waals surface area contributed by atoms with Gasteiger partial charge in [-0.15, -0.1) is 0 Å². The quantitative estimate of drug-likeness (QED) is 0.523. The first-order valence-electron chi connectivity index (χ1n) is 2.98. The highest BCUT2D eigenvalue weighted by molar-refractivity contribution is 5.69. The van der Waals surface area contributed by atoms with Crippen LogP contribution < -0.4 is 0 Å². The molecule has 1 rings (SSSR count). The van der Waals surface area contributed by atoms with E-state index in [1.165, 1.54) is 4.90 Å². The molecular weight excluding hydrogens is 134 g/mol. The summed E-state index contributed by atoms with van der Waals surface area (Å²) in [5.41, 5.74) is 0. The smallest absolute Gasteiger partial charge is 0.414 e. The number of amides is 1. The Morgan fingerprint density at radius 1 is 1.80 bits per heavy atom. The van der Waals surface area contributed by atoms with Crippen LogP contribution in [0.2, 0.25) is 0 Å². The van der Waals surface area contributed by atoms with Crippen LogP contribution in [0, 0.1) is 0 Å². The van der Waals surface area contributed by atoms with Gasteiger partial charge in [-0.1, -0.05) is 6.58 Å². The number of carbonyl (C=O) groups excluding carboxylic acids is 1. The van der Waals surface area contributed by atoms with Gasteiger partial charge in [0.1, 0.15) is 0 Å². The molecule has 0 unspecified atom stereocenters. The standard InChI is InChI=1S/C6H9NO3/c1-2-10-6(9)7-3-5(8)4-7/h2,5,8H,1,3-4H2. The summed E-state index contributed by atoms with van der Waals surface area (Å²) in [7, 11) is 0. The van der Waals surface area contributed by atoms with Gasteiger partial charge >= 0.3 is 6.09 Å². The summed E-state index contributed by atoms with van der Waals surface area (Å²) < 4.78 is 4.43. The fraction of sp³-hybridized carbons (Fsp3) is 0.500. The van der Waals surface area contributed by atoms with Crippen LogP contribution in [-0.4, -0.2) is 35.3 Å². The predicted octanol–water partition coefficient (Wildman–Crippen LogP) is -0.0570. The van der Waals surface area contributed by atoms with Crippen LogP contribution in [0.5, 0.6) is 0 Å². The van der Waals surface area contributed by atoms with E-state index in [9.17, 15) is 4.79 Å². The third kappa shape index (κ3) is 1.27. The van der Waals surface area contributed by atoms with E-state index in [-0.39, 0.29) is 6.10 Å². The summed E-state index contributed by atoms with van der Waals surface area (Å²) >= 11 is 0. The second-order valence-electron chi connectivity index (χ2n) is 2.11. The SMILES string of the molecule is C=COC(=O)N1CC(O)C1. The van der Waals surface area contributed by atoms with E-state index in [1.54, 1.807) is 0 Å². The van der Waals surface area contributed by atoms with Crippen molar-refractivity contribution in [3.63, 3.8) is 0 Å². The molecule has 0 aromatic carbocycles. The van der Waals surface area contributed by atoms with E-state index in [0.29, 0.717) is 13.1 Å². The lowest BCUT2D eigenvalue weighted by Gasteiger charge is -2.34. The van der Waals surface area contributed by atoms with E-state index in [4.69, 9.17) is 5.11 Å². The maximum atomic E-state index is 10.7. The highest BCUT2D eigenvalue weighted by Crippen LogP contribution is 2.08. The summed E-state index contributed by atoms with van der Waals surface area (Å²) in [6.45, 7) is 3.96. The van der Waals surface area contributed by atoms with Crippen molar-refractivity contribution in [2.45, 2.75) is 6.10 Å². The first-order chi connectivity index (χ1) is 4.74. The normalized spacial score (nSPS) is 17.9. The van der Waals surface area contributed by atoms with Gasteiger partial charge in [-0.05, 0) is 0 Å². The van der Waals surface area contributed by atoms with E-state index in [2.05, 4.69) is 11.3 Å². The van der Waals surface area contributed by atoms with Crippen LogP contribution in [0.25, 0.3) is 0 Å². The second kappa shape index (κ2) is 2.70. The zero-order chi connectivity index (χ0) is 7.56. The monoisotopic (exact) mass is 143 g/mol. The Labute approximate surface area is 58.7 Å². The van der Waals surface area contributed by atoms with Gasteiger partial charge in [-0.25, -0.2) is 4.79 Å². The topological polar surface area (TPSA) is 49.8 Å². The van der Waals surface area contributed by atoms with Gasteiger partial charge in [0, 0.05) is 0 Å². The molecule has 1 N–H and O–H groups in total. The molecule has 1 fully saturated rings. The number of hydrogen-bond acceptors (Lipinski definition) is 3. The molecule has 1 heterocycles. The van der Waals surface area contributed by atoms with Crippen LogP contribution in [0.3, 0.4) is 0 Å². The molecule has 0 aliphatic carbocycles. The Bertz CT molecular complexity index is 151. The number of rotatable bonds is 1. The van der Waals surface area contributed by atoms with Crippen molar-refractivity contribution in [2.24, 2.45) is 0 Å². The molecule has 4 nitrogen and oxygen atoms in total. The summed E-state index contributed by atoms with van der Waals surface area (Å²) in [5.74, 6) is 0. The van der Waals surface area contributed by atoms with Crippen LogP contribution >= 0.6 is 0 Å². The molecule has 56 valence electrons. The summed E-state index contributed by atoms with van der Waals surface area (Å²) in [6, 6.07) is 0. The molecule has 0 saturated carbocycles. The lowest BCUT2D eigenvalue weighted by molar-refractivity contribution is 0.00805. The van der Waals surface area contributed by atoms with Crippen molar-refractivity contribution in [1.82, 2.24) is 4.90 Å². The van der Waals surface area contributed by atoms with E-state index >= 15 is 0 Å². The maximum absolute atomic E-state index is 10.7. The van der Waals surface area contributed by atoms with Gasteiger partial charge < -0.3 is 14.7 Å². The first-order valence-corrected chi connectivity index (χ1v) is 2.98. The fourth-order valence-electron chi connectivity index (χ4n) is 0.750. The fourth-order valence-corrected chi connectivity index (χ4v) is 0.750. The van der Waals surface area contributed by atoms with Gasteiger partial charge in [0.15, 0.2) is 0 Å². The molecule has 0 spiro atoms. The zero-order valence-electron chi connectivity index (χ0n) is 5.49. The predicted molar refractivity (Wildman–Crippen MR) is 34.3 cm³/mol. The third-order valence-electron chi connectivity index (χ3n) is 1.30. The van der Waals surface area contributed by atoms with Gasteiger partial charge in [0.2, 0.25) is 0 Å². The van der Waals surface area contributed by atoms with Crippen LogP contribution in [0.1, 0.15) is 0 Å².